The average Bonchev–Trinajstić information content (AvgIpc) is 3.18. The fourth-order valence-electron chi connectivity index (χ4n) is 4.91. The van der Waals surface area contributed by atoms with Crippen molar-refractivity contribution >= 4 is 35.8 Å². The lowest BCUT2D eigenvalue weighted by molar-refractivity contribution is -0.363. The summed E-state index contributed by atoms with van der Waals surface area (Å²) in [6, 6.07) is 0. The van der Waals surface area contributed by atoms with Crippen molar-refractivity contribution < 1.29 is 80.9 Å². The molecule has 242 valence electrons. The van der Waals surface area contributed by atoms with E-state index < -0.39 is 110 Å². The molecule has 3 fully saturated rings. The molecule has 3 heterocycles. The molecule has 43 heavy (non-hydrogen) atoms. The highest BCUT2D eigenvalue weighted by molar-refractivity contribution is 5.69. The number of ether oxygens (including phenoxy) is 11. The second kappa shape index (κ2) is 13.9. The van der Waals surface area contributed by atoms with Gasteiger partial charge in [-0.05, 0) is 6.92 Å². The average molecular weight is 621 g/mol. The third-order valence-corrected chi connectivity index (χ3v) is 6.30. The minimum atomic E-state index is -1.90. The van der Waals surface area contributed by atoms with Crippen molar-refractivity contribution in [3.8, 4) is 0 Å². The fourth-order valence-corrected chi connectivity index (χ4v) is 4.91. The Bertz CT molecular complexity index is 1090. The van der Waals surface area contributed by atoms with Crippen molar-refractivity contribution in [3.05, 3.63) is 0 Å². The number of carbonyl (C=O) groups excluding carboxylic acids is 6. The Morgan fingerprint density at radius 3 is 1.58 bits per heavy atom. The Labute approximate surface area is 246 Å². The Balaban J connectivity index is 1.87. The van der Waals surface area contributed by atoms with Crippen LogP contribution in [0.3, 0.4) is 0 Å². The van der Waals surface area contributed by atoms with Crippen LogP contribution in [0.15, 0.2) is 0 Å². The van der Waals surface area contributed by atoms with Gasteiger partial charge in [-0.3, -0.25) is 33.5 Å². The Kier molecular flexibility index (Phi) is 11.1. The summed E-state index contributed by atoms with van der Waals surface area (Å²) in [6.07, 6.45) is -12.5. The lowest BCUT2D eigenvalue weighted by atomic mass is 9.98. The van der Waals surface area contributed by atoms with E-state index in [0.29, 0.717) is 0 Å². The van der Waals surface area contributed by atoms with E-state index in [-0.39, 0.29) is 0 Å². The molecule has 0 aliphatic carbocycles. The molecule has 3 aliphatic rings. The SMILES string of the molecule is CC(=O)O[C@@H]1O[C@H](COC2(C)O[C@H]3O[C@@H](C)[C@H](OC(C)=O)[C@@H](OC(C)=O)[C@H]3O2)[C@@H](OC(C)=O)[C@H](OC(C)=O)[C@H]1OC(C)=O. The van der Waals surface area contributed by atoms with Gasteiger partial charge < -0.3 is 47.4 Å². The van der Waals surface area contributed by atoms with Crippen molar-refractivity contribution in [3.63, 3.8) is 0 Å². The molecule has 17 nitrogen and oxygen atoms in total. The van der Waals surface area contributed by atoms with Gasteiger partial charge in [0.2, 0.25) is 12.4 Å². The van der Waals surface area contributed by atoms with Gasteiger partial charge in [0, 0.05) is 48.5 Å². The maximum absolute atomic E-state index is 12.0. The molecular weight excluding hydrogens is 584 g/mol. The normalized spacial score (nSPS) is 36.8. The molecule has 3 rings (SSSR count). The molecule has 11 atom stereocenters. The third-order valence-electron chi connectivity index (χ3n) is 6.30. The predicted molar refractivity (Wildman–Crippen MR) is 133 cm³/mol. The molecule has 0 radical (unpaired) electrons. The van der Waals surface area contributed by atoms with Crippen LogP contribution >= 0.6 is 0 Å². The van der Waals surface area contributed by atoms with Gasteiger partial charge >= 0.3 is 35.8 Å². The molecule has 0 N–H and O–H groups in total. The van der Waals surface area contributed by atoms with Crippen LogP contribution in [0.25, 0.3) is 0 Å². The highest BCUT2D eigenvalue weighted by Crippen LogP contribution is 2.40. The summed E-state index contributed by atoms with van der Waals surface area (Å²) in [7, 11) is 0. The second-order valence-corrected chi connectivity index (χ2v) is 10.1. The van der Waals surface area contributed by atoms with E-state index in [1.807, 2.05) is 0 Å². The van der Waals surface area contributed by atoms with Crippen molar-refractivity contribution in [2.75, 3.05) is 6.61 Å². The van der Waals surface area contributed by atoms with E-state index in [4.69, 9.17) is 52.1 Å². The number of rotatable bonds is 9. The number of hydrogen-bond donors (Lipinski definition) is 0. The van der Waals surface area contributed by atoms with E-state index in [9.17, 15) is 28.8 Å². The molecule has 0 aromatic heterocycles. The smallest absolute Gasteiger partial charge is 0.305 e. The Morgan fingerprint density at radius 1 is 0.581 bits per heavy atom. The van der Waals surface area contributed by atoms with Gasteiger partial charge in [-0.25, -0.2) is 0 Å². The highest BCUT2D eigenvalue weighted by Gasteiger charge is 2.59. The number of fused-ring (bicyclic) bond motifs is 1. The zero-order valence-corrected chi connectivity index (χ0v) is 24.9. The van der Waals surface area contributed by atoms with E-state index in [1.165, 1.54) is 20.8 Å². The molecule has 0 bridgehead atoms. The molecule has 0 aromatic carbocycles. The van der Waals surface area contributed by atoms with Crippen LogP contribution in [-0.4, -0.2) is 110 Å². The fraction of sp³-hybridized carbons (Fsp3) is 0.769. The van der Waals surface area contributed by atoms with Crippen molar-refractivity contribution in [2.45, 2.75) is 123 Å². The first-order chi connectivity index (χ1) is 20.0. The molecule has 0 saturated carbocycles. The van der Waals surface area contributed by atoms with E-state index >= 15 is 0 Å². The maximum Gasteiger partial charge on any atom is 0.305 e. The summed E-state index contributed by atoms with van der Waals surface area (Å²) < 4.78 is 61.2. The van der Waals surface area contributed by atoms with Crippen LogP contribution in [0.1, 0.15) is 55.4 Å². The summed E-state index contributed by atoms with van der Waals surface area (Å²) in [6.45, 7) is 9.11. The minimum Gasteiger partial charge on any atom is -0.456 e. The number of esters is 6. The first-order valence-electron chi connectivity index (χ1n) is 13.3. The highest BCUT2D eigenvalue weighted by atomic mass is 16.9. The summed E-state index contributed by atoms with van der Waals surface area (Å²) in [5.74, 6) is -6.50. The van der Waals surface area contributed by atoms with Gasteiger partial charge in [0.1, 0.15) is 6.10 Å². The van der Waals surface area contributed by atoms with Gasteiger partial charge in [0.25, 0.3) is 5.97 Å². The number of carbonyl (C=O) groups is 6. The lowest BCUT2D eigenvalue weighted by Gasteiger charge is -2.44. The van der Waals surface area contributed by atoms with Crippen molar-refractivity contribution in [1.82, 2.24) is 0 Å². The summed E-state index contributed by atoms with van der Waals surface area (Å²) >= 11 is 0. The topological polar surface area (TPSA) is 204 Å². The molecule has 3 saturated heterocycles. The quantitative estimate of drug-likeness (QED) is 0.241. The van der Waals surface area contributed by atoms with E-state index in [0.717, 1.165) is 27.7 Å². The van der Waals surface area contributed by atoms with Crippen LogP contribution in [0, 0.1) is 0 Å². The minimum absolute atomic E-state index is 0.503. The summed E-state index contributed by atoms with van der Waals surface area (Å²) in [5, 5.41) is 0. The van der Waals surface area contributed by atoms with Crippen LogP contribution in [-0.2, 0) is 80.9 Å². The van der Waals surface area contributed by atoms with E-state index in [2.05, 4.69) is 0 Å². The summed E-state index contributed by atoms with van der Waals surface area (Å²) in [4.78, 5) is 71.3. The lowest BCUT2D eigenvalue weighted by Crippen LogP contribution is -2.63. The second-order valence-electron chi connectivity index (χ2n) is 10.1. The first kappa shape index (κ1) is 34.1. The first-order valence-corrected chi connectivity index (χ1v) is 13.3. The zero-order valence-electron chi connectivity index (χ0n) is 24.9. The van der Waals surface area contributed by atoms with Crippen LogP contribution < -0.4 is 0 Å². The van der Waals surface area contributed by atoms with Crippen LogP contribution in [0.5, 0.6) is 0 Å². The molecular formula is C26H36O17. The molecule has 0 spiro atoms. The maximum atomic E-state index is 12.0. The van der Waals surface area contributed by atoms with Crippen LogP contribution in [0.2, 0.25) is 0 Å². The molecule has 0 amide bonds. The predicted octanol–water partition coefficient (Wildman–Crippen LogP) is -0.217. The van der Waals surface area contributed by atoms with Gasteiger partial charge in [-0.1, -0.05) is 0 Å². The molecule has 0 aromatic rings. The monoisotopic (exact) mass is 620 g/mol. The molecule has 3 aliphatic heterocycles. The number of hydrogen-bond acceptors (Lipinski definition) is 17. The zero-order chi connectivity index (χ0) is 32.2. The van der Waals surface area contributed by atoms with E-state index in [1.54, 1.807) is 6.92 Å². The third kappa shape index (κ3) is 8.82. The van der Waals surface area contributed by atoms with Crippen molar-refractivity contribution in [1.29, 1.82) is 0 Å². The largest absolute Gasteiger partial charge is 0.456 e. The van der Waals surface area contributed by atoms with Gasteiger partial charge in [0.05, 0.1) is 12.7 Å². The Hall–Kier alpha value is -3.38. The van der Waals surface area contributed by atoms with Crippen LogP contribution in [0.4, 0.5) is 0 Å². The molecule has 1 unspecified atom stereocenters. The van der Waals surface area contributed by atoms with Gasteiger partial charge in [-0.15, -0.1) is 0 Å². The van der Waals surface area contributed by atoms with Gasteiger partial charge in [-0.2, -0.15) is 0 Å². The van der Waals surface area contributed by atoms with Crippen molar-refractivity contribution in [2.24, 2.45) is 0 Å². The van der Waals surface area contributed by atoms with Gasteiger partial charge in [0.15, 0.2) is 36.8 Å². The summed E-state index contributed by atoms with van der Waals surface area (Å²) in [5.41, 5.74) is 0. The Morgan fingerprint density at radius 2 is 1.05 bits per heavy atom. The standard InChI is InChI=1S/C26H36O17/c1-10-18(35-11(2)27)20(37-13(4)29)23-25(34-10)43-26(8,42-23)33-9-17-19(36-12(3)28)21(38-14(5)30)22(39-15(6)31)24(41-17)40-16(7)32/h10,17-25H,9H2,1-8H3/t10-,17+,18-,19+,20+,21-,22+,23+,24+,25+,26?/m0/s1. The molecule has 17 heteroatoms.